The number of thiazole rings is 1. The molecule has 824 valence electrons. The predicted octanol–water partition coefficient (Wildman–Crippen LogP) is 34.0. The Bertz CT molecular complexity index is 4830. The van der Waals surface area contributed by atoms with Crippen molar-refractivity contribution in [3.05, 3.63) is 306 Å². The molecule has 5 aliphatic rings. The molecule has 23 nitrogen and oxygen atoms in total. The second-order valence-corrected chi connectivity index (χ2v) is 54.2. The van der Waals surface area contributed by atoms with Crippen LogP contribution in [0.1, 0.15) is 427 Å². The maximum absolute atomic E-state index is 4.69. The van der Waals surface area contributed by atoms with E-state index in [4.69, 9.17) is 4.52 Å². The minimum atomic E-state index is 0.118. The largest absolute Gasteiger partial charge is 0.364 e. The molecule has 0 amide bonds. The van der Waals surface area contributed by atoms with Crippen LogP contribution in [0.3, 0.4) is 0 Å². The molecule has 5 aliphatic heterocycles. The molecule has 11 aromatic rings. The van der Waals surface area contributed by atoms with Crippen molar-refractivity contribution in [3.63, 3.8) is 0 Å². The molecule has 0 bridgehead atoms. The van der Waals surface area contributed by atoms with E-state index in [9.17, 15) is 0 Å². The van der Waals surface area contributed by atoms with Crippen LogP contribution >= 0.6 is 11.3 Å². The van der Waals surface area contributed by atoms with Crippen molar-refractivity contribution in [3.8, 4) is 0 Å². The molecule has 0 spiro atoms. The van der Waals surface area contributed by atoms with Crippen LogP contribution in [0.25, 0.3) is 0 Å². The van der Waals surface area contributed by atoms with E-state index in [1.807, 2.05) is 116 Å². The topological polar surface area (TPSA) is 302 Å². The van der Waals surface area contributed by atoms with Crippen LogP contribution < -0.4 is 0 Å². The van der Waals surface area contributed by atoms with Gasteiger partial charge in [0.1, 0.15) is 12.6 Å². The maximum Gasteiger partial charge on any atom is 0.124 e. The summed E-state index contributed by atoms with van der Waals surface area (Å²) in [5, 5.41) is 30.7. The standard InChI is InChI=1S/C10H14.3C9H13N.2C8H12N2.4C8H13N.3C7H12N2.C7H11NO.C7H11NS.C6H11N3/c1-10(2,3)9-7-5-4-6-8-9;1-9(2,3)8-4-6-10-7-5-8;2*1-9(2,3)8-6-4-5-7-10-8;1-8(2,3)7-6-9-4-5-10-7;1-8(2,3)7-4-5-9-6-10-7;1-8(2,3)7-4-5-9-6-7;3*1-8(2,3)7-5-4-6-9-7;1-7(2,3)6-4-8-5-9-6;2*1-7(2,3)6-4-5-8-9-6;1-7(2,3)6-4-5-9-8-6;1-7(2,3)6-4-9-5-8-6;1-6(2,3)5-4-7-9-8-5/h4-8H,1-3H3;3*4-7H,1-3H3;2*4-6H,1-3H3;5-6H,4H2,1-3H3;3*4,6H,5H2,1-3H3;4-5H,1-3H3,(H,8,9);5H,4H2,1-3H3;4-5H,1-3H3,(H,8,9);2*4-5H,1-3H3;4H,1-3H3,(H,7,8,9). The lowest BCUT2D eigenvalue weighted by Crippen LogP contribution is -2.18. The number of aliphatic imine (C=N–C) groups is 4. The fourth-order valence-electron chi connectivity index (χ4n) is 12.1. The number of nitrogens with one attached hydrogen (secondary N) is 3. The zero-order valence-electron chi connectivity index (χ0n) is 102. The molecule has 16 rings (SSSR count). The number of pyridine rings is 3. The van der Waals surface area contributed by atoms with E-state index in [1.165, 1.54) is 56.6 Å². The van der Waals surface area contributed by atoms with Crippen LogP contribution in [-0.4, -0.2) is 116 Å². The van der Waals surface area contributed by atoms with Crippen molar-refractivity contribution in [1.82, 2.24) is 80.6 Å². The number of hydrogen-bond donors (Lipinski definition) is 3. The molecule has 0 aliphatic carbocycles. The Balaban J connectivity index is 0.000000800. The highest BCUT2D eigenvalue weighted by atomic mass is 32.1. The van der Waals surface area contributed by atoms with E-state index in [0.29, 0.717) is 10.8 Å². The molecule has 0 saturated heterocycles. The summed E-state index contributed by atoms with van der Waals surface area (Å²) in [5.41, 5.74) is 24.4. The molecule has 24 heteroatoms. The van der Waals surface area contributed by atoms with Gasteiger partial charge >= 0.3 is 0 Å². The molecular formula is C126H198N22OS. The third-order valence-electron chi connectivity index (χ3n) is 22.5. The van der Waals surface area contributed by atoms with E-state index in [2.05, 4.69) is 521 Å². The Labute approximate surface area is 913 Å². The Morgan fingerprint density at radius 1 is 0.293 bits per heavy atom. The van der Waals surface area contributed by atoms with Gasteiger partial charge in [0.15, 0.2) is 0 Å². The number of aromatic amines is 3. The quantitative estimate of drug-likeness (QED) is 0.127. The first-order valence-electron chi connectivity index (χ1n) is 52.6. The van der Waals surface area contributed by atoms with Crippen molar-refractivity contribution < 1.29 is 4.52 Å². The van der Waals surface area contributed by atoms with Gasteiger partial charge in [0.25, 0.3) is 0 Å². The van der Waals surface area contributed by atoms with Crippen LogP contribution in [0, 0.1) is 27.1 Å². The molecular weight excluding hydrogens is 1870 g/mol. The zero-order valence-corrected chi connectivity index (χ0v) is 103. The summed E-state index contributed by atoms with van der Waals surface area (Å²) >= 11 is 1.66. The van der Waals surface area contributed by atoms with E-state index < -0.39 is 0 Å². The molecule has 15 heterocycles. The summed E-state index contributed by atoms with van der Waals surface area (Å²) in [5.74, 6) is 0. The molecule has 0 radical (unpaired) electrons. The third-order valence-corrected chi connectivity index (χ3v) is 23.1. The molecule has 3 N–H and O–H groups in total. The first-order chi connectivity index (χ1) is 68.7. The molecule has 0 saturated carbocycles. The van der Waals surface area contributed by atoms with E-state index in [1.54, 1.807) is 67.4 Å². The molecule has 150 heavy (non-hydrogen) atoms. The number of H-pyrrole nitrogens is 3. The summed E-state index contributed by atoms with van der Waals surface area (Å²) in [4.78, 5) is 56.6. The number of nitrogens with zero attached hydrogens (tertiary/aromatic N) is 19. The fraction of sp³-hybridized carbons (Fsp3) is 0.548. The lowest BCUT2D eigenvalue weighted by molar-refractivity contribution is 0.393. The molecule has 1 aromatic carbocycles. The number of allylic oxidation sites excluding steroid dienone is 4. The molecule has 0 unspecified atom stereocenters. The van der Waals surface area contributed by atoms with Gasteiger partial charge in [-0.3, -0.25) is 50.0 Å². The zero-order chi connectivity index (χ0) is 115. The first kappa shape index (κ1) is 136. The summed E-state index contributed by atoms with van der Waals surface area (Å²) in [7, 11) is 0. The van der Waals surface area contributed by atoms with Gasteiger partial charge in [-0.2, -0.15) is 30.7 Å². The normalized spacial score (nSPS) is 13.7. The van der Waals surface area contributed by atoms with Crippen molar-refractivity contribution >= 4 is 46.6 Å². The molecule has 0 atom stereocenters. The summed E-state index contributed by atoms with van der Waals surface area (Å²) in [6, 6.07) is 32.5. The van der Waals surface area contributed by atoms with Gasteiger partial charge in [-0.15, -0.1) is 11.3 Å². The number of aromatic nitrogens is 16. The van der Waals surface area contributed by atoms with Gasteiger partial charge in [0, 0.05) is 259 Å². The Kier molecular flexibility index (Phi) is 56.5. The van der Waals surface area contributed by atoms with Gasteiger partial charge in [0.05, 0.1) is 46.5 Å². The minimum Gasteiger partial charge on any atom is -0.364 e. The van der Waals surface area contributed by atoms with Crippen LogP contribution in [0.5, 0.6) is 0 Å². The summed E-state index contributed by atoms with van der Waals surface area (Å²) in [6.07, 6.45) is 47.5. The van der Waals surface area contributed by atoms with Crippen LogP contribution in [0.4, 0.5) is 0 Å². The first-order valence-corrected chi connectivity index (χ1v) is 53.6. The van der Waals surface area contributed by atoms with Crippen molar-refractivity contribution in [2.24, 2.45) is 57.2 Å². The number of hydrogen-bond acceptors (Lipinski definition) is 21. The van der Waals surface area contributed by atoms with Gasteiger partial charge in [-0.25, -0.2) is 19.9 Å². The highest BCUT2D eigenvalue weighted by molar-refractivity contribution is 7.07. The van der Waals surface area contributed by atoms with Gasteiger partial charge in [-0.1, -0.05) is 398 Å². The Hall–Kier alpha value is -11.8. The summed E-state index contributed by atoms with van der Waals surface area (Å²) < 4.78 is 4.69. The lowest BCUT2D eigenvalue weighted by atomic mass is 9.86. The third kappa shape index (κ3) is 60.9. The Morgan fingerprint density at radius 2 is 0.733 bits per heavy atom. The smallest absolute Gasteiger partial charge is 0.124 e. The maximum atomic E-state index is 4.69. The van der Waals surface area contributed by atoms with E-state index in [-0.39, 0.29) is 75.8 Å². The number of rotatable bonds is 0. The SMILES string of the molecule is CC(C)(C)C1=CN=CC1.CC(C)(C)C1=NC=CC1.CC(C)(C)C1=NC=CC1.CC(C)(C)C1=NC=CC1.CC(C)(C)C1=NN=CC1.CC(C)(C)c1ccccc1.CC(C)(C)c1ccccn1.CC(C)(C)c1ccccn1.CC(C)(C)c1ccn[nH]1.CC(C)(C)c1ccncc1.CC(C)(C)c1ccncn1.CC(C)(C)c1ccon1.CC(C)(C)c1cn[nH]n1.CC(C)(C)c1cnc[nH]1.CC(C)(C)c1cnccn1.CC(C)(C)c1cscn1. The average Bonchev–Trinajstić information content (AvgIpc) is 1.83. The average molecular weight is 2070 g/mol. The van der Waals surface area contributed by atoms with E-state index in [0.717, 1.165) is 66.3 Å². The van der Waals surface area contributed by atoms with Crippen LogP contribution in [0.15, 0.2) is 278 Å². The number of imidazole rings is 1. The lowest BCUT2D eigenvalue weighted by Gasteiger charge is -2.18. The van der Waals surface area contributed by atoms with Gasteiger partial charge in [0.2, 0.25) is 0 Å². The minimum absolute atomic E-state index is 0.118. The van der Waals surface area contributed by atoms with Crippen LogP contribution in [-0.2, 0) is 59.6 Å². The highest BCUT2D eigenvalue weighted by Crippen LogP contribution is 2.32. The predicted molar refractivity (Wildman–Crippen MR) is 644 cm³/mol. The summed E-state index contributed by atoms with van der Waals surface area (Å²) in [6.45, 7) is 104. The van der Waals surface area contributed by atoms with Gasteiger partial charge in [-0.05, 0) is 81.5 Å². The monoisotopic (exact) mass is 2070 g/mol. The van der Waals surface area contributed by atoms with E-state index >= 15 is 0 Å². The fourth-order valence-corrected chi connectivity index (χ4v) is 12.8. The Morgan fingerprint density at radius 3 is 0.940 bits per heavy atom. The molecule has 0 fully saturated rings. The van der Waals surface area contributed by atoms with Crippen molar-refractivity contribution in [2.45, 2.75) is 424 Å². The second kappa shape index (κ2) is 62.3. The molecule has 10 aromatic heterocycles. The number of benzene rings is 1. The van der Waals surface area contributed by atoms with Crippen LogP contribution in [0.2, 0.25) is 0 Å². The van der Waals surface area contributed by atoms with Crippen molar-refractivity contribution in [2.75, 3.05) is 0 Å². The van der Waals surface area contributed by atoms with Crippen molar-refractivity contribution in [1.29, 1.82) is 0 Å². The highest BCUT2D eigenvalue weighted by Gasteiger charge is 2.26. The second-order valence-electron chi connectivity index (χ2n) is 53.5. The van der Waals surface area contributed by atoms with Gasteiger partial charge < -0.3 is 9.51 Å².